The number of non-ortho nitro benzene ring substituents is 1. The molecule has 5 aromatic carbocycles. The summed E-state index contributed by atoms with van der Waals surface area (Å²) in [6.07, 6.45) is 8.78. The van der Waals surface area contributed by atoms with E-state index in [4.69, 9.17) is 9.47 Å². The van der Waals surface area contributed by atoms with E-state index in [9.17, 15) is 19.7 Å². The molecule has 8 nitrogen and oxygen atoms in total. The number of rotatable bonds is 12. The van der Waals surface area contributed by atoms with Crippen molar-refractivity contribution in [1.82, 2.24) is 5.32 Å². The summed E-state index contributed by atoms with van der Waals surface area (Å²) in [7, 11) is 0. The van der Waals surface area contributed by atoms with Gasteiger partial charge in [-0.1, -0.05) is 109 Å². The number of nitro groups is 1. The molecule has 0 bridgehead atoms. The molecule has 5 aromatic rings. The number of fused-ring (bicyclic) bond motifs is 2. The quantitative estimate of drug-likeness (QED) is 0.0606. The number of nitrogens with zero attached hydrogens (tertiary/aromatic N) is 1. The molecule has 0 fully saturated rings. The van der Waals surface area contributed by atoms with Gasteiger partial charge in [-0.15, -0.1) is 0 Å². The number of benzene rings is 5. The van der Waals surface area contributed by atoms with Crippen LogP contribution in [-0.2, 0) is 19.1 Å². The smallest absolute Gasteiger partial charge is 0.336 e. The Morgan fingerprint density at radius 2 is 1.16 bits per heavy atom. The molecule has 0 atom stereocenters. The number of allylic oxidation sites excluding steroid dienone is 2. The summed E-state index contributed by atoms with van der Waals surface area (Å²) in [6, 6.07) is 34.6. The van der Waals surface area contributed by atoms with Crippen LogP contribution in [0.1, 0.15) is 49.3 Å². The molecule has 6 rings (SSSR count). The number of hydrogen-bond acceptors (Lipinski definition) is 7. The molecule has 0 saturated heterocycles. The van der Waals surface area contributed by atoms with Crippen LogP contribution < -0.4 is 5.32 Å². The van der Waals surface area contributed by atoms with Gasteiger partial charge < -0.3 is 14.8 Å². The third-order valence-corrected chi connectivity index (χ3v) is 8.82. The number of esters is 2. The number of nitro benzene ring substituents is 1. The van der Waals surface area contributed by atoms with E-state index >= 15 is 0 Å². The third kappa shape index (κ3) is 8.31. The van der Waals surface area contributed by atoms with E-state index in [2.05, 4.69) is 53.8 Å². The van der Waals surface area contributed by atoms with E-state index in [1.54, 1.807) is 26.0 Å². The SMILES string of the molecule is CC1=C(C(=O)OCC/C=C\c2ccc3ccccc3c2)C(c2cccc([N+](=O)[O-])c2)C(C(=O)OCC/C=C\c2ccc3ccccc3c2)=C(C)N1. The van der Waals surface area contributed by atoms with Gasteiger partial charge in [-0.25, -0.2) is 9.59 Å². The highest BCUT2D eigenvalue weighted by Crippen LogP contribution is 2.40. The fourth-order valence-corrected chi connectivity index (χ4v) is 6.34. The summed E-state index contributed by atoms with van der Waals surface area (Å²) in [4.78, 5) is 38.6. The van der Waals surface area contributed by atoms with Gasteiger partial charge in [-0.05, 0) is 77.1 Å². The predicted octanol–water partition coefficient (Wildman–Crippen LogP) is 9.43. The van der Waals surface area contributed by atoms with Crippen molar-refractivity contribution < 1.29 is 24.0 Å². The minimum atomic E-state index is -0.938. The van der Waals surface area contributed by atoms with Gasteiger partial charge in [-0.2, -0.15) is 0 Å². The minimum Gasteiger partial charge on any atom is -0.462 e. The van der Waals surface area contributed by atoms with E-state index in [-0.39, 0.29) is 30.0 Å². The van der Waals surface area contributed by atoms with Crippen molar-refractivity contribution in [2.45, 2.75) is 32.6 Å². The zero-order valence-corrected chi connectivity index (χ0v) is 28.5. The highest BCUT2D eigenvalue weighted by Gasteiger charge is 2.38. The Kier molecular flexibility index (Phi) is 10.8. The number of ether oxygens (including phenoxy) is 2. The van der Waals surface area contributed by atoms with Crippen molar-refractivity contribution in [2.24, 2.45) is 0 Å². The van der Waals surface area contributed by atoms with Gasteiger partial charge >= 0.3 is 11.9 Å². The highest BCUT2D eigenvalue weighted by atomic mass is 16.6. The lowest BCUT2D eigenvalue weighted by atomic mass is 9.80. The van der Waals surface area contributed by atoms with Crippen molar-refractivity contribution in [3.8, 4) is 0 Å². The van der Waals surface area contributed by atoms with Crippen LogP contribution in [-0.4, -0.2) is 30.1 Å². The zero-order chi connectivity index (χ0) is 35.7. The van der Waals surface area contributed by atoms with Gasteiger partial charge in [0.05, 0.1) is 35.2 Å². The Morgan fingerprint density at radius 1 is 0.667 bits per heavy atom. The summed E-state index contributed by atoms with van der Waals surface area (Å²) >= 11 is 0. The molecular formula is C43H38N2O6. The molecule has 0 aromatic heterocycles. The van der Waals surface area contributed by atoms with Gasteiger partial charge in [0, 0.05) is 23.5 Å². The topological polar surface area (TPSA) is 108 Å². The lowest BCUT2D eigenvalue weighted by molar-refractivity contribution is -0.384. The summed E-state index contributed by atoms with van der Waals surface area (Å²) in [5.41, 5.74) is 3.72. The van der Waals surface area contributed by atoms with Crippen LogP contribution in [0.3, 0.4) is 0 Å². The molecule has 0 amide bonds. The molecule has 0 spiro atoms. The van der Waals surface area contributed by atoms with E-state index in [0.29, 0.717) is 29.8 Å². The molecule has 51 heavy (non-hydrogen) atoms. The zero-order valence-electron chi connectivity index (χ0n) is 28.5. The number of carbonyl (C=O) groups is 2. The van der Waals surface area contributed by atoms with Gasteiger partial charge in [0.25, 0.3) is 5.69 Å². The van der Waals surface area contributed by atoms with Gasteiger partial charge in [0.15, 0.2) is 0 Å². The summed E-state index contributed by atoms with van der Waals surface area (Å²) in [5, 5.41) is 19.5. The molecule has 0 saturated carbocycles. The van der Waals surface area contributed by atoms with Crippen LogP contribution >= 0.6 is 0 Å². The average Bonchev–Trinajstić information content (AvgIpc) is 3.14. The van der Waals surface area contributed by atoms with Gasteiger partial charge in [-0.3, -0.25) is 10.1 Å². The predicted molar refractivity (Wildman–Crippen MR) is 201 cm³/mol. The summed E-state index contributed by atoms with van der Waals surface area (Å²) < 4.78 is 11.5. The second-order valence-electron chi connectivity index (χ2n) is 12.4. The van der Waals surface area contributed by atoms with Crippen molar-refractivity contribution in [3.63, 3.8) is 0 Å². The first-order chi connectivity index (χ1) is 24.8. The highest BCUT2D eigenvalue weighted by molar-refractivity contribution is 6.00. The molecular weight excluding hydrogens is 640 g/mol. The second-order valence-corrected chi connectivity index (χ2v) is 12.4. The molecule has 8 heteroatoms. The normalized spacial score (nSPS) is 13.7. The Balaban J connectivity index is 1.15. The summed E-state index contributed by atoms with van der Waals surface area (Å²) in [5.74, 6) is -2.18. The van der Waals surface area contributed by atoms with Crippen molar-refractivity contribution in [1.29, 1.82) is 0 Å². The van der Waals surface area contributed by atoms with Crippen LogP contribution in [0, 0.1) is 10.1 Å². The van der Waals surface area contributed by atoms with Gasteiger partial charge in [0.2, 0.25) is 0 Å². The summed E-state index contributed by atoms with van der Waals surface area (Å²) in [6.45, 7) is 3.66. The van der Waals surface area contributed by atoms with Crippen molar-refractivity contribution >= 4 is 51.3 Å². The first-order valence-corrected chi connectivity index (χ1v) is 16.9. The number of hydrogen-bond donors (Lipinski definition) is 1. The molecule has 0 aliphatic carbocycles. The van der Waals surface area contributed by atoms with Crippen LogP contribution in [0.2, 0.25) is 0 Å². The fourth-order valence-electron chi connectivity index (χ4n) is 6.34. The Bertz CT molecular complexity index is 2120. The Hall–Kier alpha value is -6.28. The largest absolute Gasteiger partial charge is 0.462 e. The van der Waals surface area contributed by atoms with E-state index in [1.165, 1.54) is 12.1 Å². The maximum atomic E-state index is 13.7. The van der Waals surface area contributed by atoms with Crippen molar-refractivity contribution in [2.75, 3.05) is 13.2 Å². The molecule has 256 valence electrons. The molecule has 0 radical (unpaired) electrons. The van der Waals surface area contributed by atoms with Crippen molar-refractivity contribution in [3.05, 3.63) is 171 Å². The fraction of sp³-hybridized carbons (Fsp3) is 0.163. The number of dihydropyridines is 1. The second kappa shape index (κ2) is 16.0. The average molecular weight is 679 g/mol. The molecule has 1 N–H and O–H groups in total. The van der Waals surface area contributed by atoms with Crippen LogP contribution in [0.25, 0.3) is 33.7 Å². The van der Waals surface area contributed by atoms with E-state index < -0.39 is 22.8 Å². The molecule has 1 heterocycles. The first kappa shape index (κ1) is 34.6. The van der Waals surface area contributed by atoms with E-state index in [0.717, 1.165) is 32.7 Å². The molecule has 0 unspecified atom stereocenters. The first-order valence-electron chi connectivity index (χ1n) is 16.9. The lowest BCUT2D eigenvalue weighted by Crippen LogP contribution is -2.32. The lowest BCUT2D eigenvalue weighted by Gasteiger charge is -2.30. The Morgan fingerprint density at radius 3 is 1.65 bits per heavy atom. The number of nitrogens with one attached hydrogen (secondary N) is 1. The van der Waals surface area contributed by atoms with Crippen LogP contribution in [0.15, 0.2) is 144 Å². The molecule has 1 aliphatic rings. The third-order valence-electron chi connectivity index (χ3n) is 8.82. The minimum absolute atomic E-state index is 0.105. The molecule has 1 aliphatic heterocycles. The maximum absolute atomic E-state index is 13.7. The monoisotopic (exact) mass is 678 g/mol. The van der Waals surface area contributed by atoms with Crippen LogP contribution in [0.5, 0.6) is 0 Å². The number of carbonyl (C=O) groups excluding carboxylic acids is 2. The Labute approximate surface area is 296 Å². The standard InChI is InChI=1S/C43H38N2O6/c1-29-39(42(46)50-24-9-7-12-31-20-22-33-14-3-5-16-35(33)26-31)41(37-18-11-19-38(28-37)45(48)49)40(30(2)44-29)43(47)51-25-10-8-13-32-21-23-34-15-4-6-17-36(34)27-32/h3-8,11-23,26-28,41,44H,9-10,24-25H2,1-2H3/b12-7-,13-8-. The van der Waals surface area contributed by atoms with E-state index in [1.807, 2.05) is 60.7 Å². The van der Waals surface area contributed by atoms with Crippen LogP contribution in [0.4, 0.5) is 5.69 Å². The van der Waals surface area contributed by atoms with Gasteiger partial charge in [0.1, 0.15) is 0 Å². The maximum Gasteiger partial charge on any atom is 0.336 e.